The molecule has 0 amide bonds. The lowest BCUT2D eigenvalue weighted by Gasteiger charge is -2.15. The molecule has 7 N–H and O–H groups in total. The summed E-state index contributed by atoms with van der Waals surface area (Å²) in [5.74, 6) is -1.18. The molecule has 0 bridgehead atoms. The van der Waals surface area contributed by atoms with Crippen LogP contribution in [0.2, 0.25) is 0 Å². The number of carboxylic acids is 1. The zero-order valence-electron chi connectivity index (χ0n) is 7.49. The summed E-state index contributed by atoms with van der Waals surface area (Å²) >= 11 is 0. The van der Waals surface area contributed by atoms with Crippen molar-refractivity contribution in [1.29, 1.82) is 0 Å². The van der Waals surface area contributed by atoms with Gasteiger partial charge in [0.15, 0.2) is 0 Å². The minimum absolute atomic E-state index is 0.308. The van der Waals surface area contributed by atoms with E-state index < -0.39 is 11.7 Å². The Morgan fingerprint density at radius 3 is 2.15 bits per heavy atom. The van der Waals surface area contributed by atoms with E-state index in [-0.39, 0.29) is 0 Å². The summed E-state index contributed by atoms with van der Waals surface area (Å²) in [7, 11) is 0. The third-order valence-electron chi connectivity index (χ3n) is 1.65. The molecular formula is C7H17N3O3. The van der Waals surface area contributed by atoms with Crippen molar-refractivity contribution < 1.29 is 15.0 Å². The average Bonchev–Trinajstić information content (AvgIpc) is 2.54. The maximum absolute atomic E-state index is 10.2. The molecule has 0 unspecified atom stereocenters. The lowest BCUT2D eigenvalue weighted by molar-refractivity contribution is -0.160. The molecule has 1 fully saturated rings. The van der Waals surface area contributed by atoms with Crippen molar-refractivity contribution >= 4 is 5.97 Å². The number of hydrogen-bond donors (Lipinski definition) is 5. The van der Waals surface area contributed by atoms with Crippen LogP contribution in [0.25, 0.3) is 0 Å². The van der Waals surface area contributed by atoms with Gasteiger partial charge in [-0.3, -0.25) is 5.32 Å². The van der Waals surface area contributed by atoms with E-state index in [0.29, 0.717) is 26.1 Å². The fourth-order valence-electron chi connectivity index (χ4n) is 0.910. The van der Waals surface area contributed by atoms with Gasteiger partial charge < -0.3 is 21.7 Å². The van der Waals surface area contributed by atoms with Crippen LogP contribution in [0.4, 0.5) is 0 Å². The minimum atomic E-state index is -1.64. The van der Waals surface area contributed by atoms with E-state index in [0.717, 1.165) is 6.42 Å². The molecule has 1 atom stereocenters. The number of nitrogens with two attached hydrogens (primary N) is 2. The Morgan fingerprint density at radius 1 is 1.46 bits per heavy atom. The van der Waals surface area contributed by atoms with E-state index in [9.17, 15) is 4.79 Å². The van der Waals surface area contributed by atoms with Gasteiger partial charge in [-0.15, -0.1) is 0 Å². The topological polar surface area (TPSA) is 122 Å². The van der Waals surface area contributed by atoms with Crippen molar-refractivity contribution in [1.82, 2.24) is 5.32 Å². The molecule has 0 radical (unpaired) electrons. The summed E-state index contributed by atoms with van der Waals surface area (Å²) < 4.78 is 0. The predicted octanol–water partition coefficient (Wildman–Crippen LogP) is -1.95. The van der Waals surface area contributed by atoms with Crippen molar-refractivity contribution in [2.75, 3.05) is 19.6 Å². The molecule has 0 aromatic rings. The molecule has 0 aliphatic carbocycles. The monoisotopic (exact) mass is 191 g/mol. The number of rotatable bonds is 2. The molecule has 1 saturated heterocycles. The van der Waals surface area contributed by atoms with Gasteiger partial charge in [-0.2, -0.15) is 0 Å². The standard InChI is InChI=1S/C5H9NO3.C2H8N2/c7-4(8)5(9)2-1-3-6-5;3-1-2-4/h6,9H,1-3H2,(H,7,8);1-4H2/t5-;/m1./s1. The molecular weight excluding hydrogens is 174 g/mol. The van der Waals surface area contributed by atoms with Crippen molar-refractivity contribution in [2.24, 2.45) is 11.5 Å². The summed E-state index contributed by atoms with van der Waals surface area (Å²) in [6.45, 7) is 1.78. The second kappa shape index (κ2) is 5.87. The van der Waals surface area contributed by atoms with Crippen LogP contribution in [0.15, 0.2) is 0 Å². The number of hydrogen-bond acceptors (Lipinski definition) is 5. The average molecular weight is 191 g/mol. The first-order valence-corrected chi connectivity index (χ1v) is 4.17. The Balaban J connectivity index is 0.000000310. The van der Waals surface area contributed by atoms with Gasteiger partial charge in [-0.05, 0) is 13.0 Å². The SMILES string of the molecule is NCCN.O=C(O)[C@]1(O)CCCN1. The van der Waals surface area contributed by atoms with Gasteiger partial charge in [0.1, 0.15) is 0 Å². The van der Waals surface area contributed by atoms with Crippen LogP contribution in [0.5, 0.6) is 0 Å². The number of aliphatic hydroxyl groups is 1. The van der Waals surface area contributed by atoms with Crippen molar-refractivity contribution in [3.05, 3.63) is 0 Å². The molecule has 6 heteroatoms. The fraction of sp³-hybridized carbons (Fsp3) is 0.857. The zero-order chi connectivity index (χ0) is 10.3. The highest BCUT2D eigenvalue weighted by atomic mass is 16.4. The lowest BCUT2D eigenvalue weighted by atomic mass is 10.2. The molecule has 1 aliphatic rings. The van der Waals surface area contributed by atoms with Gasteiger partial charge in [0.25, 0.3) is 0 Å². The molecule has 0 aromatic heterocycles. The summed E-state index contributed by atoms with van der Waals surface area (Å²) in [6, 6.07) is 0. The van der Waals surface area contributed by atoms with Gasteiger partial charge in [0.2, 0.25) is 5.72 Å². The molecule has 1 heterocycles. The van der Waals surface area contributed by atoms with E-state index in [4.69, 9.17) is 21.7 Å². The Morgan fingerprint density at radius 2 is 2.00 bits per heavy atom. The smallest absolute Gasteiger partial charge is 0.351 e. The van der Waals surface area contributed by atoms with Gasteiger partial charge in [-0.25, -0.2) is 4.79 Å². The number of carboxylic acid groups (broad SMARTS) is 1. The highest BCUT2D eigenvalue weighted by Crippen LogP contribution is 2.14. The maximum atomic E-state index is 10.2. The summed E-state index contributed by atoms with van der Waals surface area (Å²) in [6.07, 6.45) is 1.03. The predicted molar refractivity (Wildman–Crippen MR) is 47.9 cm³/mol. The largest absolute Gasteiger partial charge is 0.478 e. The minimum Gasteiger partial charge on any atom is -0.478 e. The number of carbonyl (C=O) groups is 1. The van der Waals surface area contributed by atoms with Crippen molar-refractivity contribution in [3.8, 4) is 0 Å². The van der Waals surface area contributed by atoms with E-state index in [2.05, 4.69) is 5.32 Å². The van der Waals surface area contributed by atoms with Gasteiger partial charge in [0.05, 0.1) is 0 Å². The quantitative estimate of drug-likeness (QED) is 0.346. The first-order chi connectivity index (χ1) is 6.06. The fourth-order valence-corrected chi connectivity index (χ4v) is 0.910. The van der Waals surface area contributed by atoms with Gasteiger partial charge in [0, 0.05) is 19.5 Å². The van der Waals surface area contributed by atoms with E-state index in [1.54, 1.807) is 0 Å². The van der Waals surface area contributed by atoms with E-state index >= 15 is 0 Å². The van der Waals surface area contributed by atoms with Crippen LogP contribution in [0.3, 0.4) is 0 Å². The summed E-state index contributed by atoms with van der Waals surface area (Å²) in [5, 5.41) is 19.9. The van der Waals surface area contributed by atoms with Gasteiger partial charge >= 0.3 is 5.97 Å². The van der Waals surface area contributed by atoms with Crippen LogP contribution in [0.1, 0.15) is 12.8 Å². The Hall–Kier alpha value is -0.690. The molecule has 0 aromatic carbocycles. The third-order valence-corrected chi connectivity index (χ3v) is 1.65. The molecule has 13 heavy (non-hydrogen) atoms. The van der Waals surface area contributed by atoms with Crippen molar-refractivity contribution in [2.45, 2.75) is 18.6 Å². The lowest BCUT2D eigenvalue weighted by Crippen LogP contribution is -2.47. The first-order valence-electron chi connectivity index (χ1n) is 4.17. The highest BCUT2D eigenvalue weighted by molar-refractivity contribution is 5.76. The number of nitrogens with one attached hydrogen (secondary N) is 1. The normalized spacial score (nSPS) is 26.4. The Labute approximate surface area is 76.9 Å². The summed E-state index contributed by atoms with van der Waals surface area (Å²) in [4.78, 5) is 10.2. The Kier molecular flexibility index (Phi) is 5.56. The second-order valence-corrected chi connectivity index (χ2v) is 2.77. The second-order valence-electron chi connectivity index (χ2n) is 2.77. The van der Waals surface area contributed by atoms with Crippen LogP contribution in [0, 0.1) is 0 Å². The summed E-state index contributed by atoms with van der Waals surface area (Å²) in [5.41, 5.74) is 8.17. The highest BCUT2D eigenvalue weighted by Gasteiger charge is 2.38. The van der Waals surface area contributed by atoms with Crippen LogP contribution in [-0.4, -0.2) is 41.5 Å². The molecule has 6 nitrogen and oxygen atoms in total. The maximum Gasteiger partial charge on any atom is 0.351 e. The van der Waals surface area contributed by atoms with Crippen LogP contribution in [-0.2, 0) is 4.79 Å². The molecule has 0 saturated carbocycles. The van der Waals surface area contributed by atoms with Crippen molar-refractivity contribution in [3.63, 3.8) is 0 Å². The van der Waals surface area contributed by atoms with Gasteiger partial charge in [-0.1, -0.05) is 0 Å². The molecule has 1 rings (SSSR count). The van der Waals surface area contributed by atoms with E-state index in [1.165, 1.54) is 0 Å². The third kappa shape index (κ3) is 4.18. The Bertz CT molecular complexity index is 155. The number of aliphatic carboxylic acids is 1. The molecule has 1 aliphatic heterocycles. The molecule has 78 valence electrons. The first kappa shape index (κ1) is 12.3. The van der Waals surface area contributed by atoms with Crippen LogP contribution >= 0.6 is 0 Å². The van der Waals surface area contributed by atoms with Crippen LogP contribution < -0.4 is 16.8 Å². The van der Waals surface area contributed by atoms with E-state index in [1.807, 2.05) is 0 Å². The molecule has 0 spiro atoms. The zero-order valence-corrected chi connectivity index (χ0v) is 7.49.